The molecule has 1 saturated heterocycles. The van der Waals surface area contributed by atoms with E-state index >= 15 is 0 Å². The first kappa shape index (κ1) is 15.0. The van der Waals surface area contributed by atoms with Gasteiger partial charge in [-0.25, -0.2) is 9.97 Å². The van der Waals surface area contributed by atoms with E-state index in [4.69, 9.17) is 4.98 Å². The SMILES string of the molecule is c1cc(CN2CCC[C@@H](c3cncc(-n4ccnc4)n3)C2)ccn1. The summed E-state index contributed by atoms with van der Waals surface area (Å²) in [4.78, 5) is 19.9. The third-order valence-electron chi connectivity index (χ3n) is 4.49. The lowest BCUT2D eigenvalue weighted by atomic mass is 9.94. The highest BCUT2D eigenvalue weighted by atomic mass is 15.1. The highest BCUT2D eigenvalue weighted by Gasteiger charge is 2.23. The molecule has 3 aromatic rings. The van der Waals surface area contributed by atoms with E-state index in [0.717, 1.165) is 37.6 Å². The minimum Gasteiger partial charge on any atom is -0.298 e. The molecule has 0 aliphatic carbocycles. The van der Waals surface area contributed by atoms with Crippen LogP contribution in [0.2, 0.25) is 0 Å². The van der Waals surface area contributed by atoms with Crippen molar-refractivity contribution in [3.63, 3.8) is 0 Å². The third-order valence-corrected chi connectivity index (χ3v) is 4.49. The summed E-state index contributed by atoms with van der Waals surface area (Å²) in [5.41, 5.74) is 2.38. The summed E-state index contributed by atoms with van der Waals surface area (Å²) in [5.74, 6) is 1.26. The van der Waals surface area contributed by atoms with Crippen LogP contribution in [0.4, 0.5) is 0 Å². The van der Waals surface area contributed by atoms with E-state index in [0.29, 0.717) is 5.92 Å². The van der Waals surface area contributed by atoms with E-state index in [1.165, 1.54) is 12.0 Å². The van der Waals surface area contributed by atoms with Gasteiger partial charge >= 0.3 is 0 Å². The van der Waals surface area contributed by atoms with Crippen LogP contribution in [0.3, 0.4) is 0 Å². The van der Waals surface area contributed by atoms with E-state index < -0.39 is 0 Å². The Morgan fingerprint density at radius 1 is 1.04 bits per heavy atom. The zero-order valence-electron chi connectivity index (χ0n) is 13.5. The molecule has 122 valence electrons. The van der Waals surface area contributed by atoms with E-state index in [9.17, 15) is 0 Å². The average molecular weight is 320 g/mol. The molecule has 1 fully saturated rings. The van der Waals surface area contributed by atoms with Crippen molar-refractivity contribution in [1.29, 1.82) is 0 Å². The number of piperidine rings is 1. The summed E-state index contributed by atoms with van der Waals surface area (Å²) in [6, 6.07) is 4.17. The van der Waals surface area contributed by atoms with E-state index in [2.05, 4.69) is 32.0 Å². The maximum absolute atomic E-state index is 4.80. The molecule has 3 aromatic heterocycles. The molecule has 1 aliphatic rings. The first-order valence-corrected chi connectivity index (χ1v) is 8.30. The Labute approximate surface area is 141 Å². The maximum atomic E-state index is 4.80. The van der Waals surface area contributed by atoms with Gasteiger partial charge in [0.05, 0.1) is 11.9 Å². The fraction of sp³-hybridized carbons (Fsp3) is 0.333. The second-order valence-corrected chi connectivity index (χ2v) is 6.20. The van der Waals surface area contributed by atoms with Crippen molar-refractivity contribution in [3.8, 4) is 5.82 Å². The largest absolute Gasteiger partial charge is 0.298 e. The lowest BCUT2D eigenvalue weighted by Gasteiger charge is -2.32. The average Bonchev–Trinajstić information content (AvgIpc) is 3.18. The summed E-state index contributed by atoms with van der Waals surface area (Å²) in [5, 5.41) is 0. The minimum atomic E-state index is 0.427. The molecule has 6 nitrogen and oxygen atoms in total. The van der Waals surface area contributed by atoms with Crippen LogP contribution in [0.25, 0.3) is 5.82 Å². The molecule has 1 atom stereocenters. The van der Waals surface area contributed by atoms with E-state index in [1.54, 1.807) is 18.7 Å². The van der Waals surface area contributed by atoms with Gasteiger partial charge in [0, 0.05) is 50.0 Å². The minimum absolute atomic E-state index is 0.427. The van der Waals surface area contributed by atoms with E-state index in [1.807, 2.05) is 29.4 Å². The monoisotopic (exact) mass is 320 g/mol. The third kappa shape index (κ3) is 3.33. The van der Waals surface area contributed by atoms with E-state index in [-0.39, 0.29) is 0 Å². The number of nitrogens with zero attached hydrogens (tertiary/aromatic N) is 6. The molecule has 0 aromatic carbocycles. The van der Waals surface area contributed by atoms with Crippen LogP contribution in [0, 0.1) is 0 Å². The number of imidazole rings is 1. The molecule has 0 unspecified atom stereocenters. The lowest BCUT2D eigenvalue weighted by Crippen LogP contribution is -2.34. The van der Waals surface area contributed by atoms with Crippen molar-refractivity contribution < 1.29 is 0 Å². The van der Waals surface area contributed by atoms with Crippen molar-refractivity contribution in [2.75, 3.05) is 13.1 Å². The van der Waals surface area contributed by atoms with Crippen LogP contribution in [0.5, 0.6) is 0 Å². The molecule has 0 radical (unpaired) electrons. The highest BCUT2D eigenvalue weighted by molar-refractivity contribution is 5.21. The molecule has 0 amide bonds. The van der Waals surface area contributed by atoms with Crippen LogP contribution in [0.15, 0.2) is 55.6 Å². The molecule has 4 heterocycles. The summed E-state index contributed by atoms with van der Waals surface area (Å²) in [6.45, 7) is 3.12. The van der Waals surface area contributed by atoms with Crippen molar-refractivity contribution in [2.24, 2.45) is 0 Å². The second-order valence-electron chi connectivity index (χ2n) is 6.20. The molecule has 24 heavy (non-hydrogen) atoms. The molecule has 6 heteroatoms. The van der Waals surface area contributed by atoms with Crippen molar-refractivity contribution in [1.82, 2.24) is 29.4 Å². The molecular weight excluding hydrogens is 300 g/mol. The van der Waals surface area contributed by atoms with Crippen LogP contribution in [0.1, 0.15) is 30.0 Å². The molecule has 0 saturated carbocycles. The highest BCUT2D eigenvalue weighted by Crippen LogP contribution is 2.26. The number of rotatable bonds is 4. The summed E-state index contributed by atoms with van der Waals surface area (Å²) in [7, 11) is 0. The van der Waals surface area contributed by atoms with Gasteiger partial charge in [0.15, 0.2) is 5.82 Å². The smallest absolute Gasteiger partial charge is 0.156 e. The second kappa shape index (κ2) is 6.88. The van der Waals surface area contributed by atoms with Gasteiger partial charge in [0.25, 0.3) is 0 Å². The molecule has 0 bridgehead atoms. The Morgan fingerprint density at radius 3 is 2.79 bits per heavy atom. The summed E-state index contributed by atoms with van der Waals surface area (Å²) in [6.07, 6.45) is 15.2. The Balaban J connectivity index is 1.49. The molecule has 0 spiro atoms. The Morgan fingerprint density at radius 2 is 1.96 bits per heavy atom. The van der Waals surface area contributed by atoms with Gasteiger partial charge in [0.1, 0.15) is 6.33 Å². The van der Waals surface area contributed by atoms with Gasteiger partial charge in [0.2, 0.25) is 0 Å². The number of hydrogen-bond donors (Lipinski definition) is 0. The topological polar surface area (TPSA) is 59.7 Å². The fourth-order valence-electron chi connectivity index (χ4n) is 3.27. The Hall–Kier alpha value is -2.60. The van der Waals surface area contributed by atoms with Crippen molar-refractivity contribution in [3.05, 3.63) is 66.9 Å². The molecule has 4 rings (SSSR count). The first-order valence-electron chi connectivity index (χ1n) is 8.30. The number of aromatic nitrogens is 5. The van der Waals surface area contributed by atoms with Crippen LogP contribution in [-0.2, 0) is 6.54 Å². The van der Waals surface area contributed by atoms with Gasteiger partial charge < -0.3 is 0 Å². The maximum Gasteiger partial charge on any atom is 0.156 e. The Bertz CT molecular complexity index is 771. The quantitative estimate of drug-likeness (QED) is 0.739. The fourth-order valence-corrected chi connectivity index (χ4v) is 3.27. The number of hydrogen-bond acceptors (Lipinski definition) is 5. The van der Waals surface area contributed by atoms with Crippen molar-refractivity contribution in [2.45, 2.75) is 25.3 Å². The van der Waals surface area contributed by atoms with Crippen LogP contribution in [-0.4, -0.2) is 42.5 Å². The van der Waals surface area contributed by atoms with Crippen LogP contribution >= 0.6 is 0 Å². The summed E-state index contributed by atoms with van der Waals surface area (Å²) < 4.78 is 1.90. The summed E-state index contributed by atoms with van der Waals surface area (Å²) >= 11 is 0. The lowest BCUT2D eigenvalue weighted by molar-refractivity contribution is 0.198. The Kier molecular flexibility index (Phi) is 4.29. The van der Waals surface area contributed by atoms with Gasteiger partial charge in [-0.05, 0) is 37.1 Å². The van der Waals surface area contributed by atoms with Gasteiger partial charge in [-0.3, -0.25) is 19.4 Å². The predicted molar refractivity (Wildman–Crippen MR) is 90.6 cm³/mol. The molecule has 0 N–H and O–H groups in total. The molecule has 1 aliphatic heterocycles. The predicted octanol–water partition coefficient (Wildman–Crippen LogP) is 2.44. The van der Waals surface area contributed by atoms with Gasteiger partial charge in [-0.15, -0.1) is 0 Å². The number of likely N-dealkylation sites (tertiary alicyclic amines) is 1. The normalized spacial score (nSPS) is 18.6. The molecular formula is C18H20N6. The zero-order chi connectivity index (χ0) is 16.2. The van der Waals surface area contributed by atoms with Gasteiger partial charge in [-0.1, -0.05) is 0 Å². The first-order chi connectivity index (χ1) is 11.9. The van der Waals surface area contributed by atoms with Crippen LogP contribution < -0.4 is 0 Å². The van der Waals surface area contributed by atoms with Gasteiger partial charge in [-0.2, -0.15) is 0 Å². The number of pyridine rings is 1. The van der Waals surface area contributed by atoms with Crippen molar-refractivity contribution >= 4 is 0 Å². The zero-order valence-corrected chi connectivity index (χ0v) is 13.5. The standard InChI is InChI=1S/C18H20N6/c1-2-16(13-23(8-1)12-15-3-5-19-6-4-15)17-10-21-11-18(22-17)24-9-7-20-14-24/h3-7,9-11,14,16H,1-2,8,12-13H2/t16-/m1/s1.